The number of aromatic nitrogens is 3. The number of hydrogen-bond donors (Lipinski definition) is 3. The van der Waals surface area contributed by atoms with Gasteiger partial charge in [0, 0.05) is 54.7 Å². The van der Waals surface area contributed by atoms with Gasteiger partial charge in [-0.3, -0.25) is 14.9 Å². The zero-order chi connectivity index (χ0) is 23.2. The number of nitrogens with zero attached hydrogens (tertiary/aromatic N) is 2. The van der Waals surface area contributed by atoms with E-state index in [9.17, 15) is 18.4 Å². The van der Waals surface area contributed by atoms with Crippen molar-refractivity contribution in [3.63, 3.8) is 0 Å². The van der Waals surface area contributed by atoms with Gasteiger partial charge in [-0.1, -0.05) is 6.07 Å². The molecule has 2 saturated carbocycles. The van der Waals surface area contributed by atoms with E-state index in [4.69, 9.17) is 0 Å². The number of halogens is 2. The van der Waals surface area contributed by atoms with Gasteiger partial charge < -0.3 is 15.4 Å². The van der Waals surface area contributed by atoms with Crippen LogP contribution in [0.25, 0.3) is 22.0 Å². The number of Topliss-reactive ketones (excluding diaryl/α,β-unsaturated/α-hetero) is 1. The predicted molar refractivity (Wildman–Crippen MR) is 120 cm³/mol. The Balaban J connectivity index is 1.44. The molecule has 7 nitrogen and oxygen atoms in total. The summed E-state index contributed by atoms with van der Waals surface area (Å²) < 4.78 is 27.0. The Morgan fingerprint density at radius 3 is 2.61 bits per heavy atom. The van der Waals surface area contributed by atoms with Gasteiger partial charge in [0.1, 0.15) is 5.78 Å². The topological polar surface area (TPSA) is 99.8 Å². The number of H-pyrrole nitrogens is 1. The molecule has 172 valence electrons. The van der Waals surface area contributed by atoms with Gasteiger partial charge in [0.25, 0.3) is 11.8 Å². The molecule has 0 bridgehead atoms. The first-order valence-corrected chi connectivity index (χ1v) is 11.1. The van der Waals surface area contributed by atoms with E-state index in [-0.39, 0.29) is 30.6 Å². The molecule has 0 radical (unpaired) electrons. The number of anilines is 1. The Labute approximate surface area is 189 Å². The van der Waals surface area contributed by atoms with Gasteiger partial charge in [-0.05, 0) is 43.4 Å². The lowest BCUT2D eigenvalue weighted by Gasteiger charge is -2.37. The summed E-state index contributed by atoms with van der Waals surface area (Å²) in [7, 11) is 0. The second-order valence-electron chi connectivity index (χ2n) is 9.29. The van der Waals surface area contributed by atoms with Crippen LogP contribution in [0.5, 0.6) is 0 Å². The standard InChI is InChI=1S/C24H25F2N5O2/c1-13(32)4-14-5-17(6-14)31-23(33)20-12-27-21-3-2-15(16-10-28-29-11-16)7-19(21)22(20)30-18-8-24(25,26)9-18/h2-3,7,10-12,14,17-18H,4-6,8-9H2,1H3,(H,27,30)(H,28,29)(H,31,33). The molecule has 1 amide bonds. The average molecular weight is 453 g/mol. The molecule has 2 heterocycles. The van der Waals surface area contributed by atoms with E-state index in [1.165, 1.54) is 6.20 Å². The number of carbonyl (C=O) groups excluding carboxylic acids is 2. The smallest absolute Gasteiger partial charge is 0.255 e. The normalized spacial score (nSPS) is 21.8. The van der Waals surface area contributed by atoms with E-state index < -0.39 is 12.0 Å². The fraction of sp³-hybridized carbons (Fsp3) is 0.417. The highest BCUT2D eigenvalue weighted by atomic mass is 19.3. The summed E-state index contributed by atoms with van der Waals surface area (Å²) >= 11 is 0. The third-order valence-electron chi connectivity index (χ3n) is 6.53. The number of ketones is 1. The van der Waals surface area contributed by atoms with Gasteiger partial charge in [0.05, 0.1) is 23.0 Å². The quantitative estimate of drug-likeness (QED) is 0.495. The van der Waals surface area contributed by atoms with Crippen molar-refractivity contribution >= 4 is 28.3 Å². The number of carbonyl (C=O) groups is 2. The fourth-order valence-electron chi connectivity index (χ4n) is 4.77. The van der Waals surface area contributed by atoms with Gasteiger partial charge in [-0.15, -0.1) is 0 Å². The second kappa shape index (κ2) is 8.20. The lowest BCUT2D eigenvalue weighted by Crippen LogP contribution is -2.46. The third-order valence-corrected chi connectivity index (χ3v) is 6.53. The first kappa shape index (κ1) is 21.5. The molecule has 5 rings (SSSR count). The number of fused-ring (bicyclic) bond motifs is 1. The molecular weight excluding hydrogens is 428 g/mol. The van der Waals surface area contributed by atoms with Crippen LogP contribution in [-0.4, -0.2) is 44.9 Å². The molecular formula is C24H25F2N5O2. The predicted octanol–water partition coefficient (Wildman–Crippen LogP) is 4.32. The number of benzene rings is 1. The molecule has 2 aliphatic rings. The van der Waals surface area contributed by atoms with E-state index in [0.29, 0.717) is 34.5 Å². The summed E-state index contributed by atoms with van der Waals surface area (Å²) in [5, 5.41) is 13.7. The van der Waals surface area contributed by atoms with E-state index in [1.807, 2.05) is 18.2 Å². The summed E-state index contributed by atoms with van der Waals surface area (Å²) in [6, 6.07) is 5.23. The molecule has 0 atom stereocenters. The summed E-state index contributed by atoms with van der Waals surface area (Å²) in [6.45, 7) is 1.58. The summed E-state index contributed by atoms with van der Waals surface area (Å²) in [5.74, 6) is -2.52. The van der Waals surface area contributed by atoms with Crippen LogP contribution in [0.3, 0.4) is 0 Å². The number of alkyl halides is 2. The van der Waals surface area contributed by atoms with Crippen LogP contribution >= 0.6 is 0 Å². The lowest BCUT2D eigenvalue weighted by atomic mass is 9.77. The van der Waals surface area contributed by atoms with Crippen LogP contribution < -0.4 is 10.6 Å². The van der Waals surface area contributed by atoms with Crippen molar-refractivity contribution in [3.05, 3.63) is 42.4 Å². The van der Waals surface area contributed by atoms with Crippen molar-refractivity contribution in [1.29, 1.82) is 0 Å². The van der Waals surface area contributed by atoms with Crippen molar-refractivity contribution in [2.24, 2.45) is 5.92 Å². The Kier molecular flexibility index (Phi) is 5.34. The first-order valence-electron chi connectivity index (χ1n) is 11.1. The zero-order valence-corrected chi connectivity index (χ0v) is 18.2. The van der Waals surface area contributed by atoms with Gasteiger partial charge in [-0.2, -0.15) is 5.10 Å². The van der Waals surface area contributed by atoms with E-state index in [1.54, 1.807) is 19.3 Å². The summed E-state index contributed by atoms with van der Waals surface area (Å²) in [4.78, 5) is 28.9. The highest BCUT2D eigenvalue weighted by Gasteiger charge is 2.45. The minimum Gasteiger partial charge on any atom is -0.381 e. The molecule has 0 aliphatic heterocycles. The minimum absolute atomic E-state index is 0.00398. The fourth-order valence-corrected chi connectivity index (χ4v) is 4.77. The Hall–Kier alpha value is -3.36. The highest BCUT2D eigenvalue weighted by molar-refractivity contribution is 6.08. The van der Waals surface area contributed by atoms with Gasteiger partial charge in [0.15, 0.2) is 0 Å². The number of nitrogens with one attached hydrogen (secondary N) is 3. The van der Waals surface area contributed by atoms with Crippen molar-refractivity contribution in [2.75, 3.05) is 5.32 Å². The van der Waals surface area contributed by atoms with Gasteiger partial charge in [-0.25, -0.2) is 8.78 Å². The maximum absolute atomic E-state index is 13.5. The average Bonchev–Trinajstić information content (AvgIpc) is 3.25. The van der Waals surface area contributed by atoms with Crippen LogP contribution in [-0.2, 0) is 4.79 Å². The monoisotopic (exact) mass is 453 g/mol. The van der Waals surface area contributed by atoms with E-state index in [0.717, 1.165) is 24.0 Å². The highest BCUT2D eigenvalue weighted by Crippen LogP contribution is 2.41. The molecule has 0 saturated heterocycles. The molecule has 2 aliphatic carbocycles. The molecule has 9 heteroatoms. The SMILES string of the molecule is CC(=O)CC1CC(NC(=O)c2cnc3ccc(-c4cn[nH]c4)cc3c2NC2CC(F)(F)C2)C1. The van der Waals surface area contributed by atoms with Crippen LogP contribution in [0.1, 0.15) is 49.4 Å². The molecule has 0 spiro atoms. The Bertz CT molecular complexity index is 1200. The molecule has 3 N–H and O–H groups in total. The van der Waals surface area contributed by atoms with Gasteiger partial charge in [0.2, 0.25) is 0 Å². The van der Waals surface area contributed by atoms with E-state index >= 15 is 0 Å². The van der Waals surface area contributed by atoms with Crippen molar-refractivity contribution in [3.8, 4) is 11.1 Å². The molecule has 2 fully saturated rings. The number of hydrogen-bond acceptors (Lipinski definition) is 5. The molecule has 0 unspecified atom stereocenters. The third kappa shape index (κ3) is 4.44. The minimum atomic E-state index is -2.68. The number of pyridine rings is 1. The lowest BCUT2D eigenvalue weighted by molar-refractivity contribution is -0.118. The van der Waals surface area contributed by atoms with E-state index in [2.05, 4.69) is 25.8 Å². The van der Waals surface area contributed by atoms with Crippen molar-refractivity contribution in [1.82, 2.24) is 20.5 Å². The van der Waals surface area contributed by atoms with Gasteiger partial charge >= 0.3 is 0 Å². The molecule has 3 aromatic rings. The first-order chi connectivity index (χ1) is 15.8. The number of amides is 1. The maximum atomic E-state index is 13.5. The largest absolute Gasteiger partial charge is 0.381 e. The maximum Gasteiger partial charge on any atom is 0.255 e. The van der Waals surface area contributed by atoms with Crippen molar-refractivity contribution in [2.45, 2.75) is 57.0 Å². The van der Waals surface area contributed by atoms with Crippen LogP contribution in [0, 0.1) is 5.92 Å². The second-order valence-corrected chi connectivity index (χ2v) is 9.29. The zero-order valence-electron chi connectivity index (χ0n) is 18.2. The Morgan fingerprint density at radius 1 is 1.15 bits per heavy atom. The summed E-state index contributed by atoms with van der Waals surface area (Å²) in [5.41, 5.74) is 3.26. The molecule has 2 aromatic heterocycles. The number of rotatable bonds is 7. The molecule has 1 aromatic carbocycles. The van der Waals surface area contributed by atoms with Crippen LogP contribution in [0.15, 0.2) is 36.8 Å². The number of aromatic amines is 1. The Morgan fingerprint density at radius 2 is 1.94 bits per heavy atom. The summed E-state index contributed by atoms with van der Waals surface area (Å²) in [6.07, 6.45) is 6.47. The molecule has 33 heavy (non-hydrogen) atoms. The van der Waals surface area contributed by atoms with Crippen LogP contribution in [0.2, 0.25) is 0 Å². The van der Waals surface area contributed by atoms with Crippen molar-refractivity contribution < 1.29 is 18.4 Å². The van der Waals surface area contributed by atoms with Crippen LogP contribution in [0.4, 0.5) is 14.5 Å².